The van der Waals surface area contributed by atoms with Crippen molar-refractivity contribution < 1.29 is 4.79 Å². The van der Waals surface area contributed by atoms with Gasteiger partial charge in [-0.2, -0.15) is 0 Å². The smallest absolute Gasteiger partial charge is 0.266 e. The topological polar surface area (TPSA) is 55.2 Å². The predicted octanol–water partition coefficient (Wildman–Crippen LogP) is 2.30. The molecule has 0 fully saturated rings. The monoisotopic (exact) mass is 319 g/mol. The zero-order chi connectivity index (χ0) is 17.0. The maximum Gasteiger partial charge on any atom is 0.266 e. The zero-order valence-corrected chi connectivity index (χ0v) is 13.8. The lowest BCUT2D eigenvalue weighted by Gasteiger charge is -2.11. The van der Waals surface area contributed by atoms with Crippen molar-refractivity contribution in [3.63, 3.8) is 0 Å². The number of aromatic nitrogens is 2. The minimum Gasteiger partial charge on any atom is -0.305 e. The molecule has 2 aromatic carbocycles. The number of fused-ring (bicyclic) bond motifs is 4. The lowest BCUT2D eigenvalue weighted by atomic mass is 10.1. The number of hydrogen-bond donors (Lipinski definition) is 0. The fourth-order valence-electron chi connectivity index (χ4n) is 3.22. The normalized spacial score (nSPS) is 12.8. The zero-order valence-electron chi connectivity index (χ0n) is 13.8. The molecule has 5 nitrogen and oxygen atoms in total. The fourth-order valence-corrected chi connectivity index (χ4v) is 3.22. The number of hydrogen-bond acceptors (Lipinski definition) is 4. The second-order valence-electron chi connectivity index (χ2n) is 6.51. The molecule has 1 aromatic heterocycles. The van der Waals surface area contributed by atoms with Gasteiger partial charge in [0.05, 0.1) is 22.2 Å². The summed E-state index contributed by atoms with van der Waals surface area (Å²) in [6.45, 7) is 2.67. The molecule has 0 amide bonds. The Morgan fingerprint density at radius 2 is 1.88 bits per heavy atom. The number of benzene rings is 2. The maximum absolute atomic E-state index is 13.0. The van der Waals surface area contributed by atoms with Crippen molar-refractivity contribution in [3.05, 3.63) is 69.3 Å². The van der Waals surface area contributed by atoms with E-state index < -0.39 is 0 Å². The Morgan fingerprint density at radius 3 is 2.62 bits per heavy atom. The Balaban J connectivity index is 2.01. The maximum atomic E-state index is 13.0. The van der Waals surface area contributed by atoms with Crippen LogP contribution in [0.15, 0.2) is 41.2 Å². The van der Waals surface area contributed by atoms with Crippen LogP contribution in [0.25, 0.3) is 16.6 Å². The van der Waals surface area contributed by atoms with Crippen LogP contribution < -0.4 is 5.56 Å². The first-order chi connectivity index (χ1) is 11.5. The third-order valence-electron chi connectivity index (χ3n) is 4.27. The van der Waals surface area contributed by atoms with Gasteiger partial charge in [0, 0.05) is 6.54 Å². The van der Waals surface area contributed by atoms with Gasteiger partial charge in [-0.3, -0.25) is 14.2 Å². The van der Waals surface area contributed by atoms with E-state index in [9.17, 15) is 9.59 Å². The van der Waals surface area contributed by atoms with Crippen LogP contribution in [0, 0.1) is 6.92 Å². The molecule has 0 saturated heterocycles. The molecule has 1 aliphatic rings. The van der Waals surface area contributed by atoms with Crippen LogP contribution in [0.1, 0.15) is 27.3 Å². The van der Waals surface area contributed by atoms with Crippen LogP contribution in [-0.4, -0.2) is 34.3 Å². The van der Waals surface area contributed by atoms with Crippen molar-refractivity contribution in [2.24, 2.45) is 0 Å². The minimum atomic E-state index is -0.190. The summed E-state index contributed by atoms with van der Waals surface area (Å²) >= 11 is 0. The molecule has 0 N–H and O–H groups in total. The average Bonchev–Trinajstić information content (AvgIpc) is 2.80. The van der Waals surface area contributed by atoms with Gasteiger partial charge in [0.1, 0.15) is 0 Å². The largest absolute Gasteiger partial charge is 0.305 e. The molecule has 24 heavy (non-hydrogen) atoms. The van der Waals surface area contributed by atoms with E-state index in [1.807, 2.05) is 62.3 Å². The molecular weight excluding hydrogens is 302 g/mol. The molecule has 0 atom stereocenters. The number of carbonyl (C=O) groups excluding carboxylic acids is 1. The van der Waals surface area contributed by atoms with Crippen LogP contribution in [0.4, 0.5) is 0 Å². The summed E-state index contributed by atoms with van der Waals surface area (Å²) < 4.78 is 1.44. The third-order valence-corrected chi connectivity index (χ3v) is 4.27. The molecule has 0 unspecified atom stereocenters. The minimum absolute atomic E-state index is 0.188. The highest BCUT2D eigenvalue weighted by molar-refractivity contribution is 6.13. The van der Waals surface area contributed by atoms with Crippen LogP contribution in [0.3, 0.4) is 0 Å². The summed E-state index contributed by atoms with van der Waals surface area (Å²) in [5, 5.41) is 0.541. The van der Waals surface area contributed by atoms with Gasteiger partial charge in [-0.25, -0.2) is 4.98 Å². The van der Waals surface area contributed by atoms with Gasteiger partial charge < -0.3 is 4.90 Å². The summed E-state index contributed by atoms with van der Waals surface area (Å²) in [5.74, 6) is 0.0125. The average molecular weight is 319 g/mol. The van der Waals surface area contributed by atoms with Gasteiger partial charge in [0.15, 0.2) is 5.82 Å². The number of aryl methyl sites for hydroxylation is 1. The van der Waals surface area contributed by atoms with E-state index >= 15 is 0 Å². The van der Waals surface area contributed by atoms with Gasteiger partial charge in [0.25, 0.3) is 5.56 Å². The fraction of sp³-hybridized carbons (Fsp3) is 0.211. The van der Waals surface area contributed by atoms with Gasteiger partial charge in [-0.05, 0) is 50.8 Å². The summed E-state index contributed by atoms with van der Waals surface area (Å²) in [4.78, 5) is 32.1. The Labute approximate surface area is 139 Å². The highest BCUT2D eigenvalue weighted by Crippen LogP contribution is 2.27. The van der Waals surface area contributed by atoms with E-state index in [0.29, 0.717) is 22.2 Å². The van der Waals surface area contributed by atoms with E-state index in [1.54, 1.807) is 0 Å². The number of ketones is 1. The van der Waals surface area contributed by atoms with E-state index in [0.717, 1.165) is 17.7 Å². The van der Waals surface area contributed by atoms with Crippen LogP contribution in [-0.2, 0) is 6.54 Å². The first kappa shape index (κ1) is 14.8. The number of carbonyl (C=O) groups is 1. The lowest BCUT2D eigenvalue weighted by molar-refractivity contribution is 0.103. The molecule has 5 heteroatoms. The lowest BCUT2D eigenvalue weighted by Crippen LogP contribution is -2.22. The number of nitrogens with zero attached hydrogens (tertiary/aromatic N) is 3. The SMILES string of the molecule is Cc1ccc2c(c1)C(=O)c1nc3ccc(CN(C)C)cc3c(=O)n1-2. The summed E-state index contributed by atoms with van der Waals surface area (Å²) in [5.41, 5.74) is 3.57. The molecule has 1 aliphatic heterocycles. The van der Waals surface area contributed by atoms with Crippen LogP contribution in [0.5, 0.6) is 0 Å². The molecule has 0 bridgehead atoms. The standard InChI is InChI=1S/C19H17N3O2/c1-11-4-7-16-14(8-11)17(23)18-20-15-6-5-12(10-21(2)3)9-13(15)19(24)22(16)18/h4-9H,10H2,1-3H3. The molecule has 0 radical (unpaired) electrons. The second-order valence-corrected chi connectivity index (χ2v) is 6.51. The van der Waals surface area contributed by atoms with Gasteiger partial charge in [-0.15, -0.1) is 0 Å². The second kappa shape index (κ2) is 5.11. The van der Waals surface area contributed by atoms with Crippen molar-refractivity contribution in [3.8, 4) is 5.69 Å². The quantitative estimate of drug-likeness (QED) is 0.569. The summed E-state index contributed by atoms with van der Waals surface area (Å²) in [6.07, 6.45) is 0. The van der Waals surface area contributed by atoms with Crippen LogP contribution in [0.2, 0.25) is 0 Å². The van der Waals surface area contributed by atoms with E-state index in [-0.39, 0.29) is 17.2 Å². The predicted molar refractivity (Wildman–Crippen MR) is 92.9 cm³/mol. The van der Waals surface area contributed by atoms with E-state index in [2.05, 4.69) is 4.98 Å². The van der Waals surface area contributed by atoms with Crippen molar-refractivity contribution in [1.82, 2.24) is 14.5 Å². The van der Waals surface area contributed by atoms with Crippen molar-refractivity contribution in [1.29, 1.82) is 0 Å². The highest BCUT2D eigenvalue weighted by Gasteiger charge is 2.30. The Bertz CT molecular complexity index is 1060. The molecule has 0 aliphatic carbocycles. The van der Waals surface area contributed by atoms with Crippen molar-refractivity contribution in [2.45, 2.75) is 13.5 Å². The Hall–Kier alpha value is -2.79. The summed E-state index contributed by atoms with van der Waals surface area (Å²) in [7, 11) is 3.96. The van der Waals surface area contributed by atoms with E-state index in [4.69, 9.17) is 0 Å². The highest BCUT2D eigenvalue weighted by atomic mass is 16.1. The van der Waals surface area contributed by atoms with Gasteiger partial charge in [0.2, 0.25) is 5.78 Å². The molecule has 120 valence electrons. The first-order valence-corrected chi connectivity index (χ1v) is 7.82. The molecule has 4 rings (SSSR count). The molecule has 0 saturated carbocycles. The summed E-state index contributed by atoms with van der Waals surface area (Å²) in [6, 6.07) is 11.2. The first-order valence-electron chi connectivity index (χ1n) is 7.82. The van der Waals surface area contributed by atoms with Gasteiger partial charge >= 0.3 is 0 Å². The Morgan fingerprint density at radius 1 is 1.08 bits per heavy atom. The third kappa shape index (κ3) is 2.09. The number of rotatable bonds is 2. The van der Waals surface area contributed by atoms with Crippen molar-refractivity contribution >= 4 is 16.7 Å². The van der Waals surface area contributed by atoms with Crippen LogP contribution >= 0.6 is 0 Å². The Kier molecular flexibility index (Phi) is 3.15. The molecular formula is C19H17N3O2. The molecule has 0 spiro atoms. The van der Waals surface area contributed by atoms with Crippen molar-refractivity contribution in [2.75, 3.05) is 14.1 Å². The molecule has 2 heterocycles. The molecule has 3 aromatic rings. The van der Waals surface area contributed by atoms with E-state index in [1.165, 1.54) is 4.57 Å². The van der Waals surface area contributed by atoms with Gasteiger partial charge in [-0.1, -0.05) is 17.7 Å².